The highest BCUT2D eigenvalue weighted by Gasteiger charge is 2.24. The molecule has 0 bridgehead atoms. The first kappa shape index (κ1) is 13.9. The van der Waals surface area contributed by atoms with Crippen molar-refractivity contribution in [3.8, 4) is 0 Å². The highest BCUT2D eigenvalue weighted by atomic mass is 32.2. The van der Waals surface area contributed by atoms with E-state index >= 15 is 0 Å². The van der Waals surface area contributed by atoms with Crippen LogP contribution in [-0.2, 0) is 9.59 Å². The number of hydrogen-bond acceptors (Lipinski definition) is 5. The number of pyridine rings is 1. The fourth-order valence-electron chi connectivity index (χ4n) is 1.48. The Morgan fingerprint density at radius 3 is 2.42 bits per heavy atom. The molecule has 1 aliphatic heterocycles. The summed E-state index contributed by atoms with van der Waals surface area (Å²) in [5, 5.41) is 9.15. The standard InChI is InChI=1S/C13H11NO3S2/c15-10(2-1-9-3-5-14-6-4-9)11(12(16)17)13-18-7-8-19-13/h1-6H,7-8H2,(H,16,17)/b2-1+. The molecule has 0 saturated carbocycles. The molecule has 0 aromatic carbocycles. The first-order valence-corrected chi connectivity index (χ1v) is 7.51. The quantitative estimate of drug-likeness (QED) is 0.522. The van der Waals surface area contributed by atoms with Crippen LogP contribution in [0.5, 0.6) is 0 Å². The third-order valence-corrected chi connectivity index (χ3v) is 5.06. The average molecular weight is 293 g/mol. The van der Waals surface area contributed by atoms with Crippen LogP contribution in [-0.4, -0.2) is 33.3 Å². The third-order valence-electron chi connectivity index (χ3n) is 2.35. The molecule has 6 heteroatoms. The van der Waals surface area contributed by atoms with Gasteiger partial charge in [-0.3, -0.25) is 9.78 Å². The van der Waals surface area contributed by atoms with Crippen LogP contribution < -0.4 is 0 Å². The molecule has 2 heterocycles. The molecule has 1 fully saturated rings. The van der Waals surface area contributed by atoms with Crippen molar-refractivity contribution < 1.29 is 14.7 Å². The van der Waals surface area contributed by atoms with E-state index in [1.807, 2.05) is 0 Å². The smallest absolute Gasteiger partial charge is 0.341 e. The molecule has 4 nitrogen and oxygen atoms in total. The number of carbonyl (C=O) groups is 2. The van der Waals surface area contributed by atoms with Crippen molar-refractivity contribution in [3.05, 3.63) is 46.0 Å². The van der Waals surface area contributed by atoms with Crippen LogP contribution >= 0.6 is 23.5 Å². The van der Waals surface area contributed by atoms with Crippen LogP contribution in [0.2, 0.25) is 0 Å². The zero-order valence-electron chi connectivity index (χ0n) is 9.91. The Bertz CT molecular complexity index is 544. The van der Waals surface area contributed by atoms with E-state index in [0.717, 1.165) is 17.1 Å². The Kier molecular flexibility index (Phi) is 4.81. The summed E-state index contributed by atoms with van der Waals surface area (Å²) < 4.78 is 0.608. The van der Waals surface area contributed by atoms with Gasteiger partial charge in [-0.1, -0.05) is 6.08 Å². The zero-order chi connectivity index (χ0) is 13.7. The molecule has 98 valence electrons. The van der Waals surface area contributed by atoms with E-state index < -0.39 is 11.8 Å². The van der Waals surface area contributed by atoms with Crippen molar-refractivity contribution in [2.75, 3.05) is 11.5 Å². The Morgan fingerprint density at radius 2 is 1.84 bits per heavy atom. The molecule has 0 unspecified atom stereocenters. The van der Waals surface area contributed by atoms with E-state index in [0.29, 0.717) is 4.24 Å². The minimum atomic E-state index is -1.17. The molecule has 1 saturated heterocycles. The maximum atomic E-state index is 12.0. The van der Waals surface area contributed by atoms with Gasteiger partial charge in [-0.2, -0.15) is 0 Å². The second kappa shape index (κ2) is 6.58. The number of carboxylic acids is 1. The number of nitrogens with zero attached hydrogens (tertiary/aromatic N) is 1. The molecular weight excluding hydrogens is 282 g/mol. The number of carbonyl (C=O) groups excluding carboxylic acids is 1. The SMILES string of the molecule is O=C(O)C(C(=O)/C=C/c1ccncc1)=C1SCCS1. The number of allylic oxidation sites excluding steroid dienone is 1. The topological polar surface area (TPSA) is 67.3 Å². The van der Waals surface area contributed by atoms with Crippen LogP contribution in [0.1, 0.15) is 5.56 Å². The van der Waals surface area contributed by atoms with Crippen molar-refractivity contribution in [1.82, 2.24) is 4.98 Å². The van der Waals surface area contributed by atoms with Gasteiger partial charge in [0.2, 0.25) is 0 Å². The van der Waals surface area contributed by atoms with Crippen molar-refractivity contribution in [2.24, 2.45) is 0 Å². The summed E-state index contributed by atoms with van der Waals surface area (Å²) in [6.45, 7) is 0. The summed E-state index contributed by atoms with van der Waals surface area (Å²) in [6, 6.07) is 3.49. The zero-order valence-corrected chi connectivity index (χ0v) is 11.5. The van der Waals surface area contributed by atoms with E-state index in [4.69, 9.17) is 5.11 Å². The molecule has 0 amide bonds. The molecule has 19 heavy (non-hydrogen) atoms. The van der Waals surface area contributed by atoms with E-state index in [-0.39, 0.29) is 5.57 Å². The predicted molar refractivity (Wildman–Crippen MR) is 77.9 cm³/mol. The van der Waals surface area contributed by atoms with Crippen molar-refractivity contribution >= 4 is 41.4 Å². The molecule has 0 atom stereocenters. The molecule has 0 aliphatic carbocycles. The average Bonchev–Trinajstić information content (AvgIpc) is 2.91. The van der Waals surface area contributed by atoms with E-state index in [2.05, 4.69) is 4.98 Å². The summed E-state index contributed by atoms with van der Waals surface area (Å²) >= 11 is 2.85. The largest absolute Gasteiger partial charge is 0.477 e. The number of rotatable bonds is 4. The molecule has 0 radical (unpaired) electrons. The Balaban J connectivity index is 2.20. The first-order chi connectivity index (χ1) is 9.18. The van der Waals surface area contributed by atoms with Crippen LogP contribution in [0.4, 0.5) is 0 Å². The van der Waals surface area contributed by atoms with Crippen LogP contribution in [0, 0.1) is 0 Å². The Morgan fingerprint density at radius 1 is 1.21 bits per heavy atom. The summed E-state index contributed by atoms with van der Waals surface area (Å²) in [4.78, 5) is 27.0. The molecule has 1 aromatic heterocycles. The van der Waals surface area contributed by atoms with Crippen LogP contribution in [0.3, 0.4) is 0 Å². The lowest BCUT2D eigenvalue weighted by Crippen LogP contribution is -2.11. The summed E-state index contributed by atoms with van der Waals surface area (Å²) in [6.07, 6.45) is 6.12. The number of thioether (sulfide) groups is 2. The Hall–Kier alpha value is -1.53. The minimum absolute atomic E-state index is 0.127. The lowest BCUT2D eigenvalue weighted by atomic mass is 10.1. The number of hydrogen-bond donors (Lipinski definition) is 1. The lowest BCUT2D eigenvalue weighted by molar-refractivity contribution is -0.134. The molecule has 2 rings (SSSR count). The number of carboxylic acid groups (broad SMARTS) is 1. The van der Waals surface area contributed by atoms with E-state index in [1.165, 1.54) is 29.6 Å². The first-order valence-electron chi connectivity index (χ1n) is 5.54. The van der Waals surface area contributed by atoms with Crippen molar-refractivity contribution in [1.29, 1.82) is 0 Å². The molecule has 0 spiro atoms. The van der Waals surface area contributed by atoms with E-state index in [1.54, 1.807) is 30.6 Å². The minimum Gasteiger partial charge on any atom is -0.477 e. The fourth-order valence-corrected chi connectivity index (χ4v) is 4.01. The van der Waals surface area contributed by atoms with Gasteiger partial charge < -0.3 is 5.11 Å². The summed E-state index contributed by atoms with van der Waals surface area (Å²) in [7, 11) is 0. The van der Waals surface area contributed by atoms with Gasteiger partial charge >= 0.3 is 5.97 Å². The number of aromatic nitrogens is 1. The lowest BCUT2D eigenvalue weighted by Gasteiger charge is -2.01. The molecular formula is C13H11NO3S2. The Labute approximate surface area is 119 Å². The number of aliphatic carboxylic acids is 1. The second-order valence-electron chi connectivity index (χ2n) is 3.64. The molecule has 1 aliphatic rings. The van der Waals surface area contributed by atoms with Gasteiger partial charge in [0.05, 0.1) is 4.24 Å². The van der Waals surface area contributed by atoms with Gasteiger partial charge in [-0.15, -0.1) is 23.5 Å². The van der Waals surface area contributed by atoms with Gasteiger partial charge in [0.25, 0.3) is 0 Å². The van der Waals surface area contributed by atoms with Crippen molar-refractivity contribution in [2.45, 2.75) is 0 Å². The summed E-state index contributed by atoms with van der Waals surface area (Å²) in [5.74, 6) is 0.0541. The monoisotopic (exact) mass is 293 g/mol. The van der Waals surface area contributed by atoms with Gasteiger partial charge in [0.15, 0.2) is 5.78 Å². The van der Waals surface area contributed by atoms with Gasteiger partial charge in [0, 0.05) is 23.9 Å². The number of ketones is 1. The van der Waals surface area contributed by atoms with Gasteiger partial charge in [-0.25, -0.2) is 4.79 Å². The molecule has 1 aromatic rings. The normalized spacial score (nSPS) is 14.8. The van der Waals surface area contributed by atoms with Gasteiger partial charge in [0.1, 0.15) is 5.57 Å². The predicted octanol–water partition coefficient (Wildman–Crippen LogP) is 2.44. The fraction of sp³-hybridized carbons (Fsp3) is 0.154. The maximum absolute atomic E-state index is 12.0. The van der Waals surface area contributed by atoms with Crippen LogP contribution in [0.15, 0.2) is 40.4 Å². The van der Waals surface area contributed by atoms with Crippen LogP contribution in [0.25, 0.3) is 6.08 Å². The van der Waals surface area contributed by atoms with Crippen molar-refractivity contribution in [3.63, 3.8) is 0 Å². The molecule has 1 N–H and O–H groups in total. The second-order valence-corrected chi connectivity index (χ2v) is 6.11. The van der Waals surface area contributed by atoms with Gasteiger partial charge in [-0.05, 0) is 23.8 Å². The highest BCUT2D eigenvalue weighted by molar-refractivity contribution is 8.25. The third kappa shape index (κ3) is 3.71. The summed E-state index contributed by atoms with van der Waals surface area (Å²) in [5.41, 5.74) is 0.683. The van der Waals surface area contributed by atoms with E-state index in [9.17, 15) is 9.59 Å². The maximum Gasteiger partial charge on any atom is 0.341 e. The highest BCUT2D eigenvalue weighted by Crippen LogP contribution is 2.39.